The zero-order chi connectivity index (χ0) is 12.6. The number of benzene rings is 1. The summed E-state index contributed by atoms with van der Waals surface area (Å²) in [5.74, 6) is -0.957. The Hall–Kier alpha value is -0.940. The maximum atomic E-state index is 11.9. The van der Waals surface area contributed by atoms with Gasteiger partial charge in [-0.1, -0.05) is 44.0 Å². The number of allylic oxidation sites excluding steroid dienone is 1. The third-order valence-corrected chi connectivity index (χ3v) is 4.24. The Balaban J connectivity index is 2.69. The lowest BCUT2D eigenvalue weighted by atomic mass is 9.86. The van der Waals surface area contributed by atoms with Gasteiger partial charge in [0.05, 0.1) is 7.11 Å². The van der Waals surface area contributed by atoms with Crippen LogP contribution in [0, 0.1) is 0 Å². The van der Waals surface area contributed by atoms with E-state index in [4.69, 9.17) is 4.74 Å². The molecule has 0 saturated heterocycles. The summed E-state index contributed by atoms with van der Waals surface area (Å²) >= 11 is 6.55. The minimum absolute atomic E-state index is 0.338. The first-order valence-corrected chi connectivity index (χ1v) is 6.38. The third-order valence-electron chi connectivity index (χ3n) is 2.61. The highest BCUT2D eigenvalue weighted by molar-refractivity contribution is 9.10. The zero-order valence-corrected chi connectivity index (χ0v) is 12.0. The topological polar surface area (TPSA) is 43.4 Å². The van der Waals surface area contributed by atoms with Gasteiger partial charge in [0.2, 0.25) is 4.32 Å². The third kappa shape index (κ3) is 1.87. The van der Waals surface area contributed by atoms with Crippen LogP contribution in [0.2, 0.25) is 0 Å². The number of carbonyl (C=O) groups is 2. The number of hydrogen-bond donors (Lipinski definition) is 0. The van der Waals surface area contributed by atoms with Crippen molar-refractivity contribution in [3.05, 3.63) is 39.9 Å². The van der Waals surface area contributed by atoms with E-state index in [1.165, 1.54) is 13.2 Å². The summed E-state index contributed by atoms with van der Waals surface area (Å²) in [5.41, 5.74) is 1.40. The van der Waals surface area contributed by atoms with Crippen molar-refractivity contribution in [3.8, 4) is 0 Å². The average Bonchev–Trinajstić information content (AvgIpc) is 2.33. The predicted octanol–water partition coefficient (Wildman–Crippen LogP) is 2.81. The second-order valence-electron chi connectivity index (χ2n) is 3.58. The Morgan fingerprint density at radius 1 is 1.35 bits per heavy atom. The molecule has 1 atom stereocenters. The van der Waals surface area contributed by atoms with Crippen LogP contribution in [0.4, 0.5) is 0 Å². The number of fused-ring (bicyclic) bond motifs is 1. The van der Waals surface area contributed by atoms with Gasteiger partial charge < -0.3 is 4.74 Å². The molecule has 0 aliphatic heterocycles. The van der Waals surface area contributed by atoms with Crippen molar-refractivity contribution in [1.82, 2.24) is 0 Å². The molecule has 1 aromatic carbocycles. The first kappa shape index (κ1) is 12.5. The van der Waals surface area contributed by atoms with E-state index in [0.29, 0.717) is 5.56 Å². The standard InChI is InChI=1S/C12H8Br2O3/c1-17-11(16)12(14)9-6-8(13)4-2-7(9)3-5-10(12)15/h2-6H,1H3/t12-/m1/s1. The molecule has 0 saturated carbocycles. The van der Waals surface area contributed by atoms with Crippen LogP contribution >= 0.6 is 31.9 Å². The summed E-state index contributed by atoms with van der Waals surface area (Å²) < 4.78 is 4.07. The fourth-order valence-electron chi connectivity index (χ4n) is 1.74. The Morgan fingerprint density at radius 3 is 2.71 bits per heavy atom. The Morgan fingerprint density at radius 2 is 2.06 bits per heavy atom. The van der Waals surface area contributed by atoms with Crippen LogP contribution in [0.5, 0.6) is 0 Å². The second kappa shape index (κ2) is 4.38. The predicted molar refractivity (Wildman–Crippen MR) is 70.8 cm³/mol. The number of methoxy groups -OCH3 is 1. The first-order valence-electron chi connectivity index (χ1n) is 4.80. The molecule has 88 valence electrons. The molecule has 0 bridgehead atoms. The summed E-state index contributed by atoms with van der Waals surface area (Å²) in [6, 6.07) is 5.42. The minimum atomic E-state index is -1.43. The molecule has 0 aromatic heterocycles. The van der Waals surface area contributed by atoms with Crippen molar-refractivity contribution in [1.29, 1.82) is 0 Å². The van der Waals surface area contributed by atoms with Crippen molar-refractivity contribution < 1.29 is 14.3 Å². The molecular formula is C12H8Br2O3. The fraction of sp³-hybridized carbons (Fsp3) is 0.167. The summed E-state index contributed by atoms with van der Waals surface area (Å²) in [5, 5.41) is 0. The van der Waals surface area contributed by atoms with E-state index in [9.17, 15) is 9.59 Å². The lowest BCUT2D eigenvalue weighted by Crippen LogP contribution is -2.40. The van der Waals surface area contributed by atoms with E-state index in [0.717, 1.165) is 10.0 Å². The Kier molecular flexibility index (Phi) is 3.23. The molecule has 0 amide bonds. The summed E-state index contributed by atoms with van der Waals surface area (Å²) in [4.78, 5) is 23.8. The fourth-order valence-corrected chi connectivity index (χ4v) is 2.73. The van der Waals surface area contributed by atoms with Gasteiger partial charge in [-0.3, -0.25) is 4.79 Å². The number of halogens is 2. The quantitative estimate of drug-likeness (QED) is 0.440. The first-order chi connectivity index (χ1) is 8.00. The summed E-state index contributed by atoms with van der Waals surface area (Å²) in [6.07, 6.45) is 3.06. The molecule has 2 rings (SSSR count). The number of ketones is 1. The summed E-state index contributed by atoms with van der Waals surface area (Å²) in [7, 11) is 1.26. The monoisotopic (exact) mass is 358 g/mol. The molecule has 0 radical (unpaired) electrons. The highest BCUT2D eigenvalue weighted by Crippen LogP contribution is 2.41. The molecule has 0 fully saturated rings. The summed E-state index contributed by atoms with van der Waals surface area (Å²) in [6.45, 7) is 0. The number of esters is 1. The lowest BCUT2D eigenvalue weighted by molar-refractivity contribution is -0.146. The zero-order valence-electron chi connectivity index (χ0n) is 8.87. The van der Waals surface area contributed by atoms with Gasteiger partial charge in [0, 0.05) is 4.47 Å². The molecular weight excluding hydrogens is 352 g/mol. The number of alkyl halides is 1. The highest BCUT2D eigenvalue weighted by Gasteiger charge is 2.47. The van der Waals surface area contributed by atoms with Crippen LogP contribution in [0.15, 0.2) is 28.7 Å². The van der Waals surface area contributed by atoms with E-state index in [1.807, 2.05) is 12.1 Å². The molecule has 0 N–H and O–H groups in total. The van der Waals surface area contributed by atoms with Gasteiger partial charge in [0.15, 0.2) is 5.78 Å². The SMILES string of the molecule is COC(=O)[C@]1(Br)C(=O)C=Cc2ccc(Br)cc21. The molecule has 0 unspecified atom stereocenters. The van der Waals surface area contributed by atoms with Crippen molar-refractivity contribution in [2.45, 2.75) is 4.32 Å². The molecule has 3 nitrogen and oxygen atoms in total. The van der Waals surface area contributed by atoms with Crippen molar-refractivity contribution in [2.24, 2.45) is 0 Å². The van der Waals surface area contributed by atoms with E-state index < -0.39 is 10.3 Å². The van der Waals surface area contributed by atoms with Gasteiger partial charge in [-0.2, -0.15) is 0 Å². The van der Waals surface area contributed by atoms with Crippen LogP contribution in [-0.2, 0) is 18.7 Å². The van der Waals surface area contributed by atoms with Gasteiger partial charge in [-0.15, -0.1) is 0 Å². The molecule has 0 heterocycles. The minimum Gasteiger partial charge on any atom is -0.467 e. The maximum absolute atomic E-state index is 11.9. The van der Waals surface area contributed by atoms with E-state index in [-0.39, 0.29) is 5.78 Å². The molecule has 1 aliphatic rings. The van der Waals surface area contributed by atoms with Crippen molar-refractivity contribution in [2.75, 3.05) is 7.11 Å². The Bertz CT molecular complexity index is 537. The van der Waals surface area contributed by atoms with Gasteiger partial charge in [-0.05, 0) is 29.3 Å². The van der Waals surface area contributed by atoms with Crippen LogP contribution in [0.25, 0.3) is 6.08 Å². The number of carbonyl (C=O) groups excluding carboxylic acids is 2. The van der Waals surface area contributed by atoms with Crippen LogP contribution in [-0.4, -0.2) is 18.9 Å². The van der Waals surface area contributed by atoms with Gasteiger partial charge in [0.25, 0.3) is 0 Å². The average molecular weight is 360 g/mol. The molecule has 0 spiro atoms. The number of hydrogen-bond acceptors (Lipinski definition) is 3. The van der Waals surface area contributed by atoms with Gasteiger partial charge in [0.1, 0.15) is 0 Å². The molecule has 17 heavy (non-hydrogen) atoms. The van der Waals surface area contributed by atoms with E-state index in [2.05, 4.69) is 31.9 Å². The Labute approximate surface area is 115 Å². The van der Waals surface area contributed by atoms with Crippen molar-refractivity contribution >= 4 is 49.7 Å². The lowest BCUT2D eigenvalue weighted by Gasteiger charge is -2.27. The highest BCUT2D eigenvalue weighted by atomic mass is 79.9. The normalized spacial score (nSPS) is 22.2. The van der Waals surface area contributed by atoms with E-state index >= 15 is 0 Å². The van der Waals surface area contributed by atoms with Crippen LogP contribution < -0.4 is 0 Å². The number of rotatable bonds is 1. The largest absolute Gasteiger partial charge is 0.467 e. The van der Waals surface area contributed by atoms with Gasteiger partial charge in [-0.25, -0.2) is 4.79 Å². The number of ether oxygens (including phenoxy) is 1. The van der Waals surface area contributed by atoms with Crippen molar-refractivity contribution in [3.63, 3.8) is 0 Å². The van der Waals surface area contributed by atoms with Crippen LogP contribution in [0.3, 0.4) is 0 Å². The molecule has 1 aliphatic carbocycles. The van der Waals surface area contributed by atoms with Gasteiger partial charge >= 0.3 is 5.97 Å². The smallest absolute Gasteiger partial charge is 0.335 e. The van der Waals surface area contributed by atoms with E-state index in [1.54, 1.807) is 12.1 Å². The maximum Gasteiger partial charge on any atom is 0.335 e. The second-order valence-corrected chi connectivity index (χ2v) is 5.68. The van der Waals surface area contributed by atoms with Crippen LogP contribution in [0.1, 0.15) is 11.1 Å². The molecule has 1 aromatic rings. The molecule has 5 heteroatoms.